The molecule has 0 radical (unpaired) electrons. The highest BCUT2D eigenvalue weighted by molar-refractivity contribution is 8.26. The van der Waals surface area contributed by atoms with Crippen LogP contribution in [-0.2, 0) is 11.2 Å². The van der Waals surface area contributed by atoms with Gasteiger partial charge in [-0.15, -0.1) is 0 Å². The van der Waals surface area contributed by atoms with Crippen LogP contribution in [0.5, 0.6) is 0 Å². The summed E-state index contributed by atoms with van der Waals surface area (Å²) < 4.78 is 0.650. The molecule has 4 rings (SSSR count). The summed E-state index contributed by atoms with van der Waals surface area (Å²) in [4.78, 5) is 15.3. The summed E-state index contributed by atoms with van der Waals surface area (Å²) in [6.45, 7) is 1.41. The van der Waals surface area contributed by atoms with Gasteiger partial charge in [0.15, 0.2) is 0 Å². The molecule has 2 aromatic carbocycles. The zero-order valence-electron chi connectivity index (χ0n) is 14.8. The van der Waals surface area contributed by atoms with E-state index in [1.807, 2.05) is 36.4 Å². The SMILES string of the molecule is O=C1/C(=C\C2CNNC2c2ccccc2)SC(=S)N1CCc1ccccc1. The molecular formula is C21H21N3OS2. The molecule has 0 saturated carbocycles. The van der Waals surface area contributed by atoms with E-state index in [0.29, 0.717) is 10.9 Å². The second-order valence-corrected chi connectivity index (χ2v) is 8.34. The van der Waals surface area contributed by atoms with Gasteiger partial charge in [0, 0.05) is 19.0 Å². The van der Waals surface area contributed by atoms with E-state index in [2.05, 4.69) is 41.2 Å². The molecule has 0 aliphatic carbocycles. The van der Waals surface area contributed by atoms with E-state index in [9.17, 15) is 4.79 Å². The van der Waals surface area contributed by atoms with Gasteiger partial charge >= 0.3 is 0 Å². The minimum absolute atomic E-state index is 0.0274. The number of hydrogen-bond donors (Lipinski definition) is 2. The molecule has 0 bridgehead atoms. The van der Waals surface area contributed by atoms with E-state index in [1.54, 1.807) is 4.90 Å². The second kappa shape index (κ2) is 8.35. The van der Waals surface area contributed by atoms with Crippen LogP contribution in [0.25, 0.3) is 0 Å². The van der Waals surface area contributed by atoms with Crippen LogP contribution in [0, 0.1) is 5.92 Å². The van der Waals surface area contributed by atoms with Gasteiger partial charge < -0.3 is 0 Å². The highest BCUT2D eigenvalue weighted by Gasteiger charge is 2.34. The predicted octanol–water partition coefficient (Wildman–Crippen LogP) is 3.44. The van der Waals surface area contributed by atoms with Gasteiger partial charge in [-0.25, -0.2) is 5.43 Å². The third-order valence-electron chi connectivity index (χ3n) is 4.89. The molecule has 1 amide bonds. The first-order valence-electron chi connectivity index (χ1n) is 9.05. The van der Waals surface area contributed by atoms with Crippen LogP contribution in [0.1, 0.15) is 17.2 Å². The molecule has 0 spiro atoms. The van der Waals surface area contributed by atoms with Crippen molar-refractivity contribution in [3.8, 4) is 0 Å². The molecule has 4 nitrogen and oxygen atoms in total. The van der Waals surface area contributed by atoms with Crippen LogP contribution >= 0.6 is 24.0 Å². The lowest BCUT2D eigenvalue weighted by molar-refractivity contribution is -0.122. The Hall–Kier alpha value is -1.99. The number of hydrazine groups is 1. The second-order valence-electron chi connectivity index (χ2n) is 6.67. The fourth-order valence-corrected chi connectivity index (χ4v) is 4.80. The summed E-state index contributed by atoms with van der Waals surface area (Å²) in [5.41, 5.74) is 8.96. The van der Waals surface area contributed by atoms with Gasteiger partial charge in [0.1, 0.15) is 4.32 Å². The molecule has 2 unspecified atom stereocenters. The van der Waals surface area contributed by atoms with Crippen LogP contribution in [0.15, 0.2) is 71.6 Å². The molecule has 2 heterocycles. The number of nitrogens with one attached hydrogen (secondary N) is 2. The first-order chi connectivity index (χ1) is 13.2. The minimum atomic E-state index is 0.0274. The maximum Gasteiger partial charge on any atom is 0.265 e. The molecule has 2 aromatic rings. The minimum Gasteiger partial charge on any atom is -0.293 e. The van der Waals surface area contributed by atoms with E-state index in [-0.39, 0.29) is 17.9 Å². The molecule has 2 N–H and O–H groups in total. The van der Waals surface area contributed by atoms with E-state index >= 15 is 0 Å². The van der Waals surface area contributed by atoms with Crippen molar-refractivity contribution < 1.29 is 4.79 Å². The van der Waals surface area contributed by atoms with Crippen LogP contribution in [0.4, 0.5) is 0 Å². The summed E-state index contributed by atoms with van der Waals surface area (Å²) in [7, 11) is 0. The fourth-order valence-electron chi connectivity index (χ4n) is 3.44. The lowest BCUT2D eigenvalue weighted by Crippen LogP contribution is -2.30. The van der Waals surface area contributed by atoms with Crippen molar-refractivity contribution in [1.29, 1.82) is 0 Å². The fraction of sp³-hybridized carbons (Fsp3) is 0.238. The summed E-state index contributed by atoms with van der Waals surface area (Å²) in [6.07, 6.45) is 2.88. The number of nitrogens with zero attached hydrogens (tertiary/aromatic N) is 1. The first kappa shape index (κ1) is 18.4. The van der Waals surface area contributed by atoms with Gasteiger partial charge in [0.05, 0.1) is 10.9 Å². The highest BCUT2D eigenvalue weighted by Crippen LogP contribution is 2.35. The summed E-state index contributed by atoms with van der Waals surface area (Å²) >= 11 is 6.88. The molecule has 2 saturated heterocycles. The number of thiocarbonyl (C=S) groups is 1. The Kier molecular flexibility index (Phi) is 5.69. The van der Waals surface area contributed by atoms with Crippen molar-refractivity contribution in [3.05, 3.63) is 82.8 Å². The average Bonchev–Trinajstić information content (AvgIpc) is 3.27. The lowest BCUT2D eigenvalue weighted by atomic mass is 9.94. The summed E-state index contributed by atoms with van der Waals surface area (Å²) in [5.74, 6) is 0.232. The number of hydrogen-bond acceptors (Lipinski definition) is 5. The number of rotatable bonds is 5. The topological polar surface area (TPSA) is 44.4 Å². The van der Waals surface area contributed by atoms with E-state index in [0.717, 1.165) is 17.9 Å². The van der Waals surface area contributed by atoms with Crippen molar-refractivity contribution in [2.75, 3.05) is 13.1 Å². The molecule has 2 atom stereocenters. The third-order valence-corrected chi connectivity index (χ3v) is 6.28. The van der Waals surface area contributed by atoms with Crippen LogP contribution < -0.4 is 10.9 Å². The summed E-state index contributed by atoms with van der Waals surface area (Å²) in [6, 6.07) is 20.6. The smallest absolute Gasteiger partial charge is 0.265 e. The standard InChI is InChI=1S/C21H21N3OS2/c25-20-18(13-17-14-22-23-19(17)16-9-5-2-6-10-16)27-21(26)24(20)12-11-15-7-3-1-4-8-15/h1-10,13,17,19,22-23H,11-12,14H2/b18-13+. The Morgan fingerprint density at radius 2 is 1.81 bits per heavy atom. The average molecular weight is 396 g/mol. The third kappa shape index (κ3) is 4.14. The van der Waals surface area contributed by atoms with Gasteiger partial charge in [-0.1, -0.05) is 90.7 Å². The molecule has 138 valence electrons. The molecule has 2 aliphatic heterocycles. The largest absolute Gasteiger partial charge is 0.293 e. The van der Waals surface area contributed by atoms with Gasteiger partial charge in [-0.3, -0.25) is 15.1 Å². The highest BCUT2D eigenvalue weighted by atomic mass is 32.2. The Bertz CT molecular complexity index is 854. The number of carbonyl (C=O) groups excluding carboxylic acids is 1. The van der Waals surface area contributed by atoms with Gasteiger partial charge in [-0.2, -0.15) is 0 Å². The molecular weight excluding hydrogens is 374 g/mol. The zero-order valence-corrected chi connectivity index (χ0v) is 16.4. The van der Waals surface area contributed by atoms with Crippen molar-refractivity contribution in [2.24, 2.45) is 5.92 Å². The Balaban J connectivity index is 1.46. The molecule has 6 heteroatoms. The molecule has 27 heavy (non-hydrogen) atoms. The van der Waals surface area contributed by atoms with Crippen LogP contribution in [0.2, 0.25) is 0 Å². The number of carbonyl (C=O) groups is 1. The molecule has 2 fully saturated rings. The van der Waals surface area contributed by atoms with Gasteiger partial charge in [-0.05, 0) is 17.5 Å². The van der Waals surface area contributed by atoms with Crippen LogP contribution in [0.3, 0.4) is 0 Å². The number of thioether (sulfide) groups is 1. The zero-order chi connectivity index (χ0) is 18.6. The number of benzene rings is 2. The van der Waals surface area contributed by atoms with Crippen LogP contribution in [-0.4, -0.2) is 28.2 Å². The van der Waals surface area contributed by atoms with Gasteiger partial charge in [0.2, 0.25) is 0 Å². The normalized spacial score (nSPS) is 24.1. The first-order valence-corrected chi connectivity index (χ1v) is 10.3. The van der Waals surface area contributed by atoms with Crippen molar-refractivity contribution in [1.82, 2.24) is 15.8 Å². The van der Waals surface area contributed by atoms with Crippen molar-refractivity contribution in [3.63, 3.8) is 0 Å². The summed E-state index contributed by atoms with van der Waals surface area (Å²) in [5, 5.41) is 0. The maximum absolute atomic E-state index is 12.9. The van der Waals surface area contributed by atoms with E-state index in [4.69, 9.17) is 12.2 Å². The maximum atomic E-state index is 12.9. The monoisotopic (exact) mass is 395 g/mol. The quantitative estimate of drug-likeness (QED) is 0.600. The van der Waals surface area contributed by atoms with Crippen molar-refractivity contribution >= 4 is 34.2 Å². The predicted molar refractivity (Wildman–Crippen MR) is 114 cm³/mol. The Morgan fingerprint density at radius 1 is 1.11 bits per heavy atom. The van der Waals surface area contributed by atoms with Gasteiger partial charge in [0.25, 0.3) is 5.91 Å². The van der Waals surface area contributed by atoms with E-state index < -0.39 is 0 Å². The van der Waals surface area contributed by atoms with E-state index in [1.165, 1.54) is 22.9 Å². The molecule has 2 aliphatic rings. The number of amides is 1. The Morgan fingerprint density at radius 3 is 2.56 bits per heavy atom. The molecule has 0 aromatic heterocycles. The Labute approximate surface area is 169 Å². The lowest BCUT2D eigenvalue weighted by Gasteiger charge is -2.16. The van der Waals surface area contributed by atoms with Crippen molar-refractivity contribution in [2.45, 2.75) is 12.5 Å².